The van der Waals surface area contributed by atoms with E-state index in [0.717, 1.165) is 4.31 Å². The van der Waals surface area contributed by atoms with Crippen molar-refractivity contribution in [3.05, 3.63) is 29.1 Å². The first kappa shape index (κ1) is 13.0. The minimum Gasteiger partial charge on any atom is -0.237 e. The molecule has 0 saturated carbocycles. The molecule has 1 aromatic rings. The Hall–Kier alpha value is -1.02. The van der Waals surface area contributed by atoms with Crippen molar-refractivity contribution in [3.8, 4) is 0 Å². The molecule has 0 aliphatic carbocycles. The Bertz CT molecular complexity index is 433. The van der Waals surface area contributed by atoms with Crippen LogP contribution in [-0.4, -0.2) is 22.6 Å². The molecule has 0 amide bonds. The largest absolute Gasteiger partial charge is 0.237 e. The summed E-state index contributed by atoms with van der Waals surface area (Å²) < 4.78 is 76.3. The van der Waals surface area contributed by atoms with Crippen LogP contribution in [0.5, 0.6) is 0 Å². The van der Waals surface area contributed by atoms with Crippen molar-refractivity contribution < 1.29 is 26.2 Å². The fourth-order valence-electron chi connectivity index (χ4n) is 0.921. The van der Waals surface area contributed by atoms with E-state index in [-0.39, 0.29) is 0 Å². The Morgan fingerprint density at radius 2 is 1.12 bits per heavy atom. The van der Waals surface area contributed by atoms with Gasteiger partial charge in [-0.05, 0) is 14.1 Å². The van der Waals surface area contributed by atoms with Gasteiger partial charge in [-0.1, -0.05) is 0 Å². The Morgan fingerprint density at radius 3 is 1.44 bits per heavy atom. The molecule has 0 N–H and O–H groups in total. The fourth-order valence-corrected chi connectivity index (χ4v) is 1.77. The van der Waals surface area contributed by atoms with Gasteiger partial charge >= 0.3 is 0 Å². The second-order valence-electron chi connectivity index (χ2n) is 2.96. The Morgan fingerprint density at radius 1 is 0.812 bits per heavy atom. The zero-order valence-electron chi connectivity index (χ0n) is 8.15. The molecule has 90 valence electrons. The molecule has 16 heavy (non-hydrogen) atoms. The van der Waals surface area contributed by atoms with E-state index in [1.165, 1.54) is 14.1 Å². The lowest BCUT2D eigenvalue weighted by atomic mass is 10.3. The Kier molecular flexibility index (Phi) is 3.64. The first-order chi connectivity index (χ1) is 7.29. The summed E-state index contributed by atoms with van der Waals surface area (Å²) in [5.41, 5.74) is 0. The third-order valence-corrected chi connectivity index (χ3v) is 3.05. The second kappa shape index (κ2) is 4.46. The number of hydrogen-bond donors (Lipinski definition) is 0. The van der Waals surface area contributed by atoms with Crippen molar-refractivity contribution in [2.45, 2.75) is 4.90 Å². The lowest BCUT2D eigenvalue weighted by Crippen LogP contribution is -2.20. The molecule has 1 aromatic carbocycles. The minimum absolute atomic E-state index is 0.818. The molecular weight excluding hydrogens is 253 g/mol. The molecule has 2 nitrogen and oxygen atoms in total. The highest BCUT2D eigenvalue weighted by Gasteiger charge is 2.29. The van der Waals surface area contributed by atoms with Gasteiger partial charge in [-0.2, -0.15) is 0 Å². The first-order valence-electron chi connectivity index (χ1n) is 3.89. The van der Waals surface area contributed by atoms with Crippen molar-refractivity contribution in [1.29, 1.82) is 0 Å². The SMILES string of the molecule is CN(C)S(=O)c1c(F)c(F)c(F)c(F)c1F. The van der Waals surface area contributed by atoms with Gasteiger partial charge in [-0.15, -0.1) is 0 Å². The highest BCUT2D eigenvalue weighted by Crippen LogP contribution is 2.25. The van der Waals surface area contributed by atoms with Crippen LogP contribution in [0.2, 0.25) is 0 Å². The summed E-state index contributed by atoms with van der Waals surface area (Å²) in [5, 5.41) is 0. The molecule has 1 unspecified atom stereocenters. The predicted molar refractivity (Wildman–Crippen MR) is 46.3 cm³/mol. The van der Waals surface area contributed by atoms with Crippen LogP contribution in [0, 0.1) is 29.1 Å². The molecule has 0 heterocycles. The standard InChI is InChI=1S/C8H6F5NOS/c1-14(2)16(15)8-6(12)4(10)3(9)5(11)7(8)13/h1-2H3. The Balaban J connectivity index is 3.58. The molecule has 8 heteroatoms. The van der Waals surface area contributed by atoms with E-state index in [2.05, 4.69) is 0 Å². The average molecular weight is 259 g/mol. The lowest BCUT2D eigenvalue weighted by molar-refractivity contribution is 0.358. The molecular formula is C8H6F5NOS. The smallest absolute Gasteiger partial charge is 0.200 e. The molecule has 0 spiro atoms. The van der Waals surface area contributed by atoms with Gasteiger partial charge in [0.2, 0.25) is 5.82 Å². The maximum Gasteiger partial charge on any atom is 0.200 e. The molecule has 1 atom stereocenters. The molecule has 0 fully saturated rings. The van der Waals surface area contributed by atoms with Crippen LogP contribution in [0.25, 0.3) is 0 Å². The molecule has 0 aliphatic rings. The van der Waals surface area contributed by atoms with Gasteiger partial charge in [0.25, 0.3) is 0 Å². The average Bonchev–Trinajstić information content (AvgIpc) is 2.23. The van der Waals surface area contributed by atoms with Crippen molar-refractivity contribution in [2.75, 3.05) is 14.1 Å². The second-order valence-corrected chi connectivity index (χ2v) is 4.60. The van der Waals surface area contributed by atoms with Crippen LogP contribution in [0.15, 0.2) is 4.90 Å². The Labute approximate surface area is 90.3 Å². The monoisotopic (exact) mass is 259 g/mol. The molecule has 0 saturated heterocycles. The van der Waals surface area contributed by atoms with Crippen LogP contribution >= 0.6 is 0 Å². The maximum absolute atomic E-state index is 13.1. The summed E-state index contributed by atoms with van der Waals surface area (Å²) in [4.78, 5) is -1.35. The summed E-state index contributed by atoms with van der Waals surface area (Å²) in [6, 6.07) is 0. The van der Waals surface area contributed by atoms with Gasteiger partial charge < -0.3 is 0 Å². The van der Waals surface area contributed by atoms with E-state index in [9.17, 15) is 26.2 Å². The predicted octanol–water partition coefficient (Wildman–Crippen LogP) is 1.97. The highest BCUT2D eigenvalue weighted by molar-refractivity contribution is 7.82. The third kappa shape index (κ3) is 1.94. The zero-order valence-corrected chi connectivity index (χ0v) is 8.97. The summed E-state index contributed by atoms with van der Waals surface area (Å²) in [6.45, 7) is 0. The van der Waals surface area contributed by atoms with Gasteiger partial charge in [0.05, 0.1) is 0 Å². The highest BCUT2D eigenvalue weighted by atomic mass is 32.2. The van der Waals surface area contributed by atoms with Gasteiger partial charge in [0.15, 0.2) is 23.3 Å². The van der Waals surface area contributed by atoms with E-state index in [1.54, 1.807) is 0 Å². The summed E-state index contributed by atoms with van der Waals surface area (Å²) >= 11 is 0. The number of rotatable bonds is 2. The fraction of sp³-hybridized carbons (Fsp3) is 0.250. The first-order valence-corrected chi connectivity index (χ1v) is 5.00. The van der Waals surface area contributed by atoms with Crippen LogP contribution < -0.4 is 0 Å². The number of benzene rings is 1. The van der Waals surface area contributed by atoms with Gasteiger partial charge in [-0.25, -0.2) is 30.5 Å². The molecule has 0 aliphatic heterocycles. The molecule has 0 radical (unpaired) electrons. The van der Waals surface area contributed by atoms with E-state index in [0.29, 0.717) is 0 Å². The van der Waals surface area contributed by atoms with Crippen molar-refractivity contribution in [3.63, 3.8) is 0 Å². The van der Waals surface area contributed by atoms with Crippen LogP contribution in [0.1, 0.15) is 0 Å². The van der Waals surface area contributed by atoms with Crippen molar-refractivity contribution in [1.82, 2.24) is 4.31 Å². The third-order valence-electron chi connectivity index (χ3n) is 1.68. The number of nitrogens with zero attached hydrogens (tertiary/aromatic N) is 1. The van der Waals surface area contributed by atoms with Crippen LogP contribution in [0.3, 0.4) is 0 Å². The number of halogens is 5. The van der Waals surface area contributed by atoms with Crippen LogP contribution in [-0.2, 0) is 11.0 Å². The zero-order chi connectivity index (χ0) is 12.6. The minimum atomic E-state index is -2.45. The summed E-state index contributed by atoms with van der Waals surface area (Å²) in [7, 11) is -0.101. The topological polar surface area (TPSA) is 20.3 Å². The van der Waals surface area contributed by atoms with E-state index in [4.69, 9.17) is 0 Å². The number of hydrogen-bond acceptors (Lipinski definition) is 1. The van der Waals surface area contributed by atoms with E-state index in [1.807, 2.05) is 0 Å². The molecule has 0 aromatic heterocycles. The molecule has 1 rings (SSSR count). The quantitative estimate of drug-likeness (QED) is 0.451. The van der Waals surface area contributed by atoms with Gasteiger partial charge in [-0.3, -0.25) is 0 Å². The van der Waals surface area contributed by atoms with Crippen molar-refractivity contribution >= 4 is 11.0 Å². The van der Waals surface area contributed by atoms with E-state index < -0.39 is 45.0 Å². The van der Waals surface area contributed by atoms with Crippen LogP contribution in [0.4, 0.5) is 22.0 Å². The summed E-state index contributed by atoms with van der Waals surface area (Å²) in [6.07, 6.45) is 0. The van der Waals surface area contributed by atoms with Gasteiger partial charge in [0.1, 0.15) is 15.9 Å². The molecule has 0 bridgehead atoms. The lowest BCUT2D eigenvalue weighted by Gasteiger charge is -2.12. The van der Waals surface area contributed by atoms with E-state index >= 15 is 0 Å². The van der Waals surface area contributed by atoms with Crippen molar-refractivity contribution in [2.24, 2.45) is 0 Å². The van der Waals surface area contributed by atoms with Gasteiger partial charge in [0, 0.05) is 0 Å². The maximum atomic E-state index is 13.1. The summed E-state index contributed by atoms with van der Waals surface area (Å²) in [5.74, 6) is -10.6. The normalized spacial score (nSPS) is 13.2.